The van der Waals surface area contributed by atoms with Crippen LogP contribution in [0.4, 0.5) is 4.79 Å². The lowest BCUT2D eigenvalue weighted by molar-refractivity contribution is 0.241. The zero-order valence-electron chi connectivity index (χ0n) is 7.76. The number of aromatic nitrogens is 1. The first-order valence-electron chi connectivity index (χ1n) is 4.15. The van der Waals surface area contributed by atoms with Crippen molar-refractivity contribution >= 4 is 17.4 Å². The second kappa shape index (κ2) is 4.81. The summed E-state index contributed by atoms with van der Waals surface area (Å²) in [5, 5.41) is 8.26. The van der Waals surface area contributed by atoms with Crippen molar-refractivity contribution in [2.24, 2.45) is 0 Å². The van der Waals surface area contributed by atoms with Crippen LogP contribution in [-0.4, -0.2) is 17.6 Å². The first kappa shape index (κ1) is 9.98. The maximum absolute atomic E-state index is 11.0. The van der Waals surface area contributed by atoms with E-state index in [-0.39, 0.29) is 6.03 Å². The van der Waals surface area contributed by atoms with Gasteiger partial charge in [-0.3, -0.25) is 0 Å². The van der Waals surface area contributed by atoms with E-state index in [0.717, 1.165) is 10.7 Å². The Morgan fingerprint density at radius 3 is 2.92 bits per heavy atom. The summed E-state index contributed by atoms with van der Waals surface area (Å²) in [5.41, 5.74) is 0.998. The fraction of sp³-hybridized carbons (Fsp3) is 0.500. The molecule has 0 aliphatic rings. The van der Waals surface area contributed by atoms with Gasteiger partial charge >= 0.3 is 6.03 Å². The number of aryl methyl sites for hydroxylation is 1. The van der Waals surface area contributed by atoms with E-state index in [1.165, 1.54) is 0 Å². The zero-order chi connectivity index (χ0) is 9.68. The van der Waals surface area contributed by atoms with Crippen LogP contribution >= 0.6 is 11.3 Å². The molecule has 0 fully saturated rings. The molecule has 1 aromatic rings. The van der Waals surface area contributed by atoms with Crippen LogP contribution in [0.3, 0.4) is 0 Å². The fourth-order valence-electron chi connectivity index (χ4n) is 0.863. The summed E-state index contributed by atoms with van der Waals surface area (Å²) in [6.45, 7) is 4.96. The quantitative estimate of drug-likeness (QED) is 0.770. The highest BCUT2D eigenvalue weighted by Crippen LogP contribution is 2.07. The number of hydrogen-bond acceptors (Lipinski definition) is 3. The Hall–Kier alpha value is -1.10. The number of urea groups is 1. The van der Waals surface area contributed by atoms with Crippen LogP contribution in [0.15, 0.2) is 5.38 Å². The molecule has 0 aromatic carbocycles. The van der Waals surface area contributed by atoms with Crippen LogP contribution in [0, 0.1) is 6.92 Å². The molecule has 0 aliphatic heterocycles. The Bertz CT molecular complexity index is 285. The third-order valence-corrected chi connectivity index (χ3v) is 2.37. The van der Waals surface area contributed by atoms with Gasteiger partial charge in [0.2, 0.25) is 0 Å². The van der Waals surface area contributed by atoms with Crippen molar-refractivity contribution in [1.82, 2.24) is 15.6 Å². The lowest BCUT2D eigenvalue weighted by atomic mass is 10.6. The van der Waals surface area contributed by atoms with Gasteiger partial charge in [0, 0.05) is 17.6 Å². The Morgan fingerprint density at radius 2 is 2.38 bits per heavy atom. The van der Waals surface area contributed by atoms with E-state index in [9.17, 15) is 4.79 Å². The first-order chi connectivity index (χ1) is 6.22. The molecule has 0 bridgehead atoms. The number of nitrogens with zero attached hydrogens (tertiary/aromatic N) is 1. The smallest absolute Gasteiger partial charge is 0.315 e. The van der Waals surface area contributed by atoms with Crippen molar-refractivity contribution in [3.05, 3.63) is 16.1 Å². The number of rotatable bonds is 3. The molecular formula is C8H13N3OS. The summed E-state index contributed by atoms with van der Waals surface area (Å²) in [6, 6.07) is -0.143. The Morgan fingerprint density at radius 1 is 1.62 bits per heavy atom. The first-order valence-corrected chi connectivity index (χ1v) is 5.03. The second-order valence-corrected chi connectivity index (χ2v) is 3.54. The van der Waals surface area contributed by atoms with Gasteiger partial charge in [-0.2, -0.15) is 0 Å². The number of carbonyl (C=O) groups excluding carboxylic acids is 1. The second-order valence-electron chi connectivity index (χ2n) is 2.60. The molecule has 0 atom stereocenters. The topological polar surface area (TPSA) is 54.0 Å². The molecule has 0 saturated heterocycles. The lowest BCUT2D eigenvalue weighted by Gasteiger charge is -2.02. The summed E-state index contributed by atoms with van der Waals surface area (Å²) in [7, 11) is 0. The lowest BCUT2D eigenvalue weighted by Crippen LogP contribution is -2.34. The molecule has 2 N–H and O–H groups in total. The molecule has 1 heterocycles. The van der Waals surface area contributed by atoms with Crippen molar-refractivity contribution in [3.63, 3.8) is 0 Å². The molecule has 0 spiro atoms. The van der Waals surface area contributed by atoms with E-state index >= 15 is 0 Å². The maximum atomic E-state index is 11.0. The molecule has 1 aromatic heterocycles. The van der Waals surface area contributed by atoms with Gasteiger partial charge in [0.15, 0.2) is 0 Å². The van der Waals surface area contributed by atoms with Crippen LogP contribution in [0.1, 0.15) is 17.6 Å². The summed E-state index contributed by atoms with van der Waals surface area (Å²) in [4.78, 5) is 15.2. The fourth-order valence-corrected chi connectivity index (χ4v) is 1.57. The highest BCUT2D eigenvalue weighted by atomic mass is 32.1. The third-order valence-electron chi connectivity index (χ3n) is 1.40. The van der Waals surface area contributed by atoms with Gasteiger partial charge in [0.1, 0.15) is 5.01 Å². The number of thiazole rings is 1. The van der Waals surface area contributed by atoms with Crippen molar-refractivity contribution in [1.29, 1.82) is 0 Å². The Balaban J connectivity index is 2.30. The number of hydrogen-bond donors (Lipinski definition) is 2. The minimum atomic E-state index is -0.143. The molecule has 0 radical (unpaired) electrons. The van der Waals surface area contributed by atoms with E-state index in [1.54, 1.807) is 11.3 Å². The molecule has 0 unspecified atom stereocenters. The predicted molar refractivity (Wildman–Crippen MR) is 52.8 cm³/mol. The molecule has 72 valence electrons. The normalized spacial score (nSPS) is 9.69. The van der Waals surface area contributed by atoms with E-state index in [2.05, 4.69) is 15.6 Å². The van der Waals surface area contributed by atoms with E-state index < -0.39 is 0 Å². The zero-order valence-corrected chi connectivity index (χ0v) is 8.57. The van der Waals surface area contributed by atoms with Crippen molar-refractivity contribution < 1.29 is 4.79 Å². The van der Waals surface area contributed by atoms with Crippen molar-refractivity contribution in [3.8, 4) is 0 Å². The SMILES string of the molecule is CCNC(=O)NCc1nc(C)cs1. The summed E-state index contributed by atoms with van der Waals surface area (Å²) in [6.07, 6.45) is 0. The van der Waals surface area contributed by atoms with Gasteiger partial charge in [-0.25, -0.2) is 9.78 Å². The van der Waals surface area contributed by atoms with Crippen LogP contribution in [0.2, 0.25) is 0 Å². The minimum absolute atomic E-state index is 0.143. The minimum Gasteiger partial charge on any atom is -0.338 e. The Labute approximate surface area is 81.4 Å². The van der Waals surface area contributed by atoms with Gasteiger partial charge in [-0.05, 0) is 13.8 Å². The highest BCUT2D eigenvalue weighted by molar-refractivity contribution is 7.09. The van der Waals surface area contributed by atoms with Crippen LogP contribution < -0.4 is 10.6 Å². The molecule has 0 aliphatic carbocycles. The van der Waals surface area contributed by atoms with E-state index in [4.69, 9.17) is 0 Å². The highest BCUT2D eigenvalue weighted by Gasteiger charge is 2.00. The largest absolute Gasteiger partial charge is 0.338 e. The summed E-state index contributed by atoms with van der Waals surface area (Å²) < 4.78 is 0. The van der Waals surface area contributed by atoms with Crippen LogP contribution in [0.5, 0.6) is 0 Å². The third kappa shape index (κ3) is 3.42. The van der Waals surface area contributed by atoms with Crippen LogP contribution in [-0.2, 0) is 6.54 Å². The summed E-state index contributed by atoms with van der Waals surface area (Å²) >= 11 is 1.56. The number of carbonyl (C=O) groups is 1. The van der Waals surface area contributed by atoms with Gasteiger partial charge in [-0.15, -0.1) is 11.3 Å². The van der Waals surface area contributed by atoms with Gasteiger partial charge in [0.05, 0.1) is 6.54 Å². The van der Waals surface area contributed by atoms with E-state index in [1.807, 2.05) is 19.2 Å². The molecule has 2 amide bonds. The van der Waals surface area contributed by atoms with Crippen molar-refractivity contribution in [2.75, 3.05) is 6.54 Å². The van der Waals surface area contributed by atoms with Gasteiger partial charge in [-0.1, -0.05) is 0 Å². The summed E-state index contributed by atoms with van der Waals surface area (Å²) in [5.74, 6) is 0. The van der Waals surface area contributed by atoms with Gasteiger partial charge in [0.25, 0.3) is 0 Å². The predicted octanol–water partition coefficient (Wildman–Crippen LogP) is 1.27. The molecule has 1 rings (SSSR count). The Kier molecular flexibility index (Phi) is 3.70. The van der Waals surface area contributed by atoms with Crippen molar-refractivity contribution in [2.45, 2.75) is 20.4 Å². The van der Waals surface area contributed by atoms with Gasteiger partial charge < -0.3 is 10.6 Å². The van der Waals surface area contributed by atoms with E-state index in [0.29, 0.717) is 13.1 Å². The standard InChI is InChI=1S/C8H13N3OS/c1-3-9-8(12)10-4-7-11-6(2)5-13-7/h5H,3-4H2,1-2H3,(H2,9,10,12). The average Bonchev–Trinajstić information content (AvgIpc) is 2.49. The molecule has 5 heteroatoms. The maximum Gasteiger partial charge on any atom is 0.315 e. The molecule has 4 nitrogen and oxygen atoms in total. The molecule has 13 heavy (non-hydrogen) atoms. The monoisotopic (exact) mass is 199 g/mol. The molecule has 0 saturated carbocycles. The van der Waals surface area contributed by atoms with Crippen LogP contribution in [0.25, 0.3) is 0 Å². The number of nitrogens with one attached hydrogen (secondary N) is 2. The molecular weight excluding hydrogens is 186 g/mol. The number of amides is 2. The average molecular weight is 199 g/mol.